The molecule has 0 heterocycles. The molecule has 78 valence electrons. The molecule has 3 nitrogen and oxygen atoms in total. The summed E-state index contributed by atoms with van der Waals surface area (Å²) in [7, 11) is 1.69. The van der Waals surface area contributed by atoms with Gasteiger partial charge in [0.05, 0.1) is 18.0 Å². The Morgan fingerprint density at radius 2 is 2.21 bits per heavy atom. The van der Waals surface area contributed by atoms with E-state index in [1.165, 1.54) is 5.56 Å². The number of hydrogen-bond acceptors (Lipinski definition) is 3. The van der Waals surface area contributed by atoms with Crippen LogP contribution in [0.4, 0.5) is 11.4 Å². The van der Waals surface area contributed by atoms with Crippen molar-refractivity contribution in [1.82, 2.24) is 0 Å². The van der Waals surface area contributed by atoms with Gasteiger partial charge < -0.3 is 15.8 Å². The summed E-state index contributed by atoms with van der Waals surface area (Å²) >= 11 is 0. The molecule has 0 saturated carbocycles. The molecule has 1 rings (SSSR count). The maximum atomic E-state index is 5.86. The molecular formula is C11H18N2O. The lowest BCUT2D eigenvalue weighted by Crippen LogP contribution is -2.21. The second-order valence-corrected chi connectivity index (χ2v) is 3.59. The van der Waals surface area contributed by atoms with Gasteiger partial charge in [0.2, 0.25) is 0 Å². The first-order chi connectivity index (χ1) is 6.63. The molecule has 1 atom stereocenters. The Morgan fingerprint density at radius 3 is 2.79 bits per heavy atom. The molecule has 0 aromatic heterocycles. The Morgan fingerprint density at radius 1 is 1.50 bits per heavy atom. The number of nitrogens with one attached hydrogen (secondary N) is 1. The molecule has 3 heteroatoms. The molecule has 14 heavy (non-hydrogen) atoms. The first-order valence-corrected chi connectivity index (χ1v) is 4.75. The smallest absolute Gasteiger partial charge is 0.0661 e. The van der Waals surface area contributed by atoms with Crippen LogP contribution in [0.3, 0.4) is 0 Å². The Hall–Kier alpha value is -1.22. The first kappa shape index (κ1) is 10.9. The summed E-state index contributed by atoms with van der Waals surface area (Å²) in [5, 5.41) is 3.29. The van der Waals surface area contributed by atoms with Gasteiger partial charge in [-0.15, -0.1) is 0 Å². The van der Waals surface area contributed by atoms with E-state index in [1.54, 1.807) is 7.11 Å². The molecular weight excluding hydrogens is 176 g/mol. The van der Waals surface area contributed by atoms with Crippen molar-refractivity contribution in [3.8, 4) is 0 Å². The minimum atomic E-state index is 0.269. The van der Waals surface area contributed by atoms with Gasteiger partial charge in [-0.3, -0.25) is 0 Å². The van der Waals surface area contributed by atoms with Crippen molar-refractivity contribution in [2.75, 3.05) is 24.8 Å². The summed E-state index contributed by atoms with van der Waals surface area (Å²) < 4.78 is 5.04. The molecule has 0 spiro atoms. The minimum absolute atomic E-state index is 0.269. The highest BCUT2D eigenvalue weighted by molar-refractivity contribution is 5.67. The average molecular weight is 194 g/mol. The van der Waals surface area contributed by atoms with Crippen LogP contribution in [0.15, 0.2) is 18.2 Å². The molecule has 0 amide bonds. The van der Waals surface area contributed by atoms with Crippen molar-refractivity contribution in [3.63, 3.8) is 0 Å². The number of nitrogen functional groups attached to an aromatic ring is 1. The summed E-state index contributed by atoms with van der Waals surface area (Å²) in [6.07, 6.45) is 0. The normalized spacial score (nSPS) is 12.5. The highest BCUT2D eigenvalue weighted by Gasteiger charge is 2.03. The van der Waals surface area contributed by atoms with Gasteiger partial charge in [-0.1, -0.05) is 6.07 Å². The fraction of sp³-hybridized carbons (Fsp3) is 0.455. The van der Waals surface area contributed by atoms with E-state index >= 15 is 0 Å². The fourth-order valence-corrected chi connectivity index (χ4v) is 1.37. The molecule has 1 aromatic carbocycles. The second-order valence-electron chi connectivity index (χ2n) is 3.59. The van der Waals surface area contributed by atoms with Gasteiger partial charge in [0.25, 0.3) is 0 Å². The van der Waals surface area contributed by atoms with Crippen molar-refractivity contribution < 1.29 is 4.74 Å². The van der Waals surface area contributed by atoms with Crippen molar-refractivity contribution in [2.24, 2.45) is 0 Å². The second kappa shape index (κ2) is 4.86. The Kier molecular flexibility index (Phi) is 3.77. The largest absolute Gasteiger partial charge is 0.397 e. The van der Waals surface area contributed by atoms with Crippen LogP contribution in [0.2, 0.25) is 0 Å². The van der Waals surface area contributed by atoms with Gasteiger partial charge in [-0.25, -0.2) is 0 Å². The highest BCUT2D eigenvalue weighted by Crippen LogP contribution is 2.20. The Bertz CT molecular complexity index is 299. The summed E-state index contributed by atoms with van der Waals surface area (Å²) in [6.45, 7) is 4.76. The molecule has 1 unspecified atom stereocenters. The molecule has 0 bridgehead atoms. The van der Waals surface area contributed by atoms with Crippen molar-refractivity contribution in [2.45, 2.75) is 19.9 Å². The predicted molar refractivity (Wildman–Crippen MR) is 60.6 cm³/mol. The lowest BCUT2D eigenvalue weighted by molar-refractivity contribution is 0.190. The van der Waals surface area contributed by atoms with Gasteiger partial charge in [-0.2, -0.15) is 0 Å². The summed E-state index contributed by atoms with van der Waals surface area (Å²) in [5.74, 6) is 0. The zero-order valence-electron chi connectivity index (χ0n) is 9.00. The van der Waals surface area contributed by atoms with Crippen LogP contribution in [0, 0.1) is 6.92 Å². The Balaban J connectivity index is 2.67. The maximum Gasteiger partial charge on any atom is 0.0661 e. The fourth-order valence-electron chi connectivity index (χ4n) is 1.37. The molecule has 1 aromatic rings. The van der Waals surface area contributed by atoms with E-state index in [1.807, 2.05) is 25.1 Å². The number of aryl methyl sites for hydroxylation is 1. The molecule has 0 saturated heterocycles. The standard InChI is InChI=1S/C11H18N2O/c1-8-4-5-11(10(12)6-8)13-9(2)7-14-3/h4-6,9,13H,7,12H2,1-3H3. The lowest BCUT2D eigenvalue weighted by Gasteiger charge is -2.16. The van der Waals surface area contributed by atoms with Crippen LogP contribution < -0.4 is 11.1 Å². The third-order valence-electron chi connectivity index (χ3n) is 2.03. The van der Waals surface area contributed by atoms with Gasteiger partial charge in [0.15, 0.2) is 0 Å². The first-order valence-electron chi connectivity index (χ1n) is 4.75. The third kappa shape index (κ3) is 2.92. The zero-order valence-corrected chi connectivity index (χ0v) is 9.00. The third-order valence-corrected chi connectivity index (χ3v) is 2.03. The van der Waals surface area contributed by atoms with Crippen molar-refractivity contribution in [1.29, 1.82) is 0 Å². The van der Waals surface area contributed by atoms with Gasteiger partial charge in [-0.05, 0) is 31.5 Å². The van der Waals surface area contributed by atoms with E-state index in [4.69, 9.17) is 10.5 Å². The average Bonchev–Trinajstić information content (AvgIpc) is 2.10. The maximum absolute atomic E-state index is 5.86. The molecule has 0 radical (unpaired) electrons. The number of nitrogens with two attached hydrogens (primary N) is 1. The topological polar surface area (TPSA) is 47.3 Å². The number of ether oxygens (including phenoxy) is 1. The van der Waals surface area contributed by atoms with E-state index in [2.05, 4.69) is 12.2 Å². The predicted octanol–water partition coefficient (Wildman–Crippen LogP) is 2.02. The monoisotopic (exact) mass is 194 g/mol. The number of rotatable bonds is 4. The molecule has 3 N–H and O–H groups in total. The summed E-state index contributed by atoms with van der Waals surface area (Å²) in [4.78, 5) is 0. The van der Waals surface area contributed by atoms with E-state index in [0.29, 0.717) is 6.61 Å². The summed E-state index contributed by atoms with van der Waals surface area (Å²) in [6, 6.07) is 6.27. The number of anilines is 2. The van der Waals surface area contributed by atoms with E-state index < -0.39 is 0 Å². The highest BCUT2D eigenvalue weighted by atomic mass is 16.5. The van der Waals surface area contributed by atoms with Crippen molar-refractivity contribution in [3.05, 3.63) is 23.8 Å². The van der Waals surface area contributed by atoms with E-state index in [-0.39, 0.29) is 6.04 Å². The van der Waals surface area contributed by atoms with Gasteiger partial charge >= 0.3 is 0 Å². The molecule has 0 aliphatic carbocycles. The molecule has 0 aliphatic heterocycles. The Labute approximate surface area is 85.3 Å². The van der Waals surface area contributed by atoms with Crippen LogP contribution >= 0.6 is 0 Å². The van der Waals surface area contributed by atoms with Crippen LogP contribution in [-0.2, 0) is 4.74 Å². The van der Waals surface area contributed by atoms with Gasteiger partial charge in [0, 0.05) is 13.2 Å². The zero-order chi connectivity index (χ0) is 10.6. The van der Waals surface area contributed by atoms with Crippen LogP contribution in [0.25, 0.3) is 0 Å². The van der Waals surface area contributed by atoms with Crippen LogP contribution in [0.1, 0.15) is 12.5 Å². The number of benzene rings is 1. The quantitative estimate of drug-likeness (QED) is 0.721. The SMILES string of the molecule is COCC(C)Nc1ccc(C)cc1N. The molecule has 0 fully saturated rings. The van der Waals surface area contributed by atoms with Crippen LogP contribution in [0.5, 0.6) is 0 Å². The van der Waals surface area contributed by atoms with Crippen molar-refractivity contribution >= 4 is 11.4 Å². The van der Waals surface area contributed by atoms with Crippen LogP contribution in [-0.4, -0.2) is 19.8 Å². The van der Waals surface area contributed by atoms with Gasteiger partial charge in [0.1, 0.15) is 0 Å². The summed E-state index contributed by atoms with van der Waals surface area (Å²) in [5.41, 5.74) is 8.79. The minimum Gasteiger partial charge on any atom is -0.397 e. The molecule has 0 aliphatic rings. The van der Waals surface area contributed by atoms with E-state index in [0.717, 1.165) is 11.4 Å². The number of methoxy groups -OCH3 is 1. The lowest BCUT2D eigenvalue weighted by atomic mass is 10.2. The van der Waals surface area contributed by atoms with E-state index in [9.17, 15) is 0 Å². The number of hydrogen-bond donors (Lipinski definition) is 2.